The molecule has 1 unspecified atom stereocenters. The van der Waals surface area contributed by atoms with Crippen molar-refractivity contribution in [2.75, 3.05) is 11.4 Å². The number of hydrogen-bond donors (Lipinski definition) is 0. The van der Waals surface area contributed by atoms with Gasteiger partial charge in [0.05, 0.1) is 0 Å². The molecule has 1 aliphatic heterocycles. The number of fused-ring (bicyclic) bond motifs is 2. The van der Waals surface area contributed by atoms with Crippen LogP contribution in [0.2, 0.25) is 0 Å². The summed E-state index contributed by atoms with van der Waals surface area (Å²) in [7, 11) is 0. The smallest absolute Gasteiger partial charge is 0.0480 e. The Labute approximate surface area is 263 Å². The SMILES string of the molecule is CCCN1C(=CC=C2CCCC(C=CC(Cn3ccc4ccccc43)C(C)C)=C2Cl)C(C)(C)c2ccccc21.I. The van der Waals surface area contributed by atoms with Gasteiger partial charge in [-0.1, -0.05) is 101 Å². The van der Waals surface area contributed by atoms with E-state index in [1.54, 1.807) is 0 Å². The highest BCUT2D eigenvalue weighted by Crippen LogP contribution is 2.48. The highest BCUT2D eigenvalue weighted by atomic mass is 127. The number of allylic oxidation sites excluding steroid dienone is 8. The second-order valence-corrected chi connectivity index (χ2v) is 12.4. The zero-order valence-corrected chi connectivity index (χ0v) is 27.7. The van der Waals surface area contributed by atoms with Crippen molar-refractivity contribution in [3.05, 3.63) is 113 Å². The topological polar surface area (TPSA) is 8.17 Å². The lowest BCUT2D eigenvalue weighted by Gasteiger charge is -2.27. The van der Waals surface area contributed by atoms with Crippen molar-refractivity contribution in [3.63, 3.8) is 0 Å². The standard InChI is InChI=1S/C36H43ClN2.HI/c1-6-23-39-33-17-10-8-15-31(33)36(4,5)34(39)21-20-29-14-11-13-28(35(29)37)18-19-30(26(2)3)25-38-24-22-27-12-7-9-16-32(27)38;/h7-10,12,15-22,24,26,30H,6,11,13-14,23,25H2,1-5H3;1H. The van der Waals surface area contributed by atoms with Crippen molar-refractivity contribution in [2.45, 2.75) is 72.3 Å². The summed E-state index contributed by atoms with van der Waals surface area (Å²) < 4.78 is 2.39. The second-order valence-electron chi connectivity index (χ2n) is 12.0. The summed E-state index contributed by atoms with van der Waals surface area (Å²) in [6.45, 7) is 13.6. The van der Waals surface area contributed by atoms with Crippen LogP contribution in [0.4, 0.5) is 5.69 Å². The van der Waals surface area contributed by atoms with Crippen LogP contribution in [0, 0.1) is 11.8 Å². The number of anilines is 1. The van der Waals surface area contributed by atoms with E-state index in [0.29, 0.717) is 11.8 Å². The third-order valence-corrected chi connectivity index (χ3v) is 9.12. The number of para-hydroxylation sites is 2. The molecular weight excluding hydrogens is 623 g/mol. The highest BCUT2D eigenvalue weighted by Gasteiger charge is 2.39. The Morgan fingerprint density at radius 3 is 2.50 bits per heavy atom. The number of aromatic nitrogens is 1. The maximum absolute atomic E-state index is 7.09. The molecule has 2 heterocycles. The van der Waals surface area contributed by atoms with Crippen LogP contribution in [0.15, 0.2) is 107 Å². The van der Waals surface area contributed by atoms with Gasteiger partial charge in [-0.3, -0.25) is 0 Å². The van der Waals surface area contributed by atoms with Crippen LogP contribution in [0.1, 0.15) is 65.9 Å². The maximum atomic E-state index is 7.09. The fourth-order valence-corrected chi connectivity index (χ4v) is 6.57. The molecule has 0 saturated heterocycles. The van der Waals surface area contributed by atoms with E-state index in [0.717, 1.165) is 43.8 Å². The van der Waals surface area contributed by atoms with E-state index in [4.69, 9.17) is 11.6 Å². The van der Waals surface area contributed by atoms with E-state index in [-0.39, 0.29) is 29.4 Å². The molecule has 0 amide bonds. The van der Waals surface area contributed by atoms with Crippen molar-refractivity contribution in [3.8, 4) is 0 Å². The van der Waals surface area contributed by atoms with E-state index < -0.39 is 0 Å². The average Bonchev–Trinajstić information content (AvgIpc) is 3.43. The molecule has 5 rings (SSSR count). The number of hydrogen-bond acceptors (Lipinski definition) is 1. The molecule has 212 valence electrons. The molecule has 0 N–H and O–H groups in total. The monoisotopic (exact) mass is 666 g/mol. The van der Waals surface area contributed by atoms with Crippen molar-refractivity contribution in [1.29, 1.82) is 0 Å². The van der Waals surface area contributed by atoms with Gasteiger partial charge in [0.15, 0.2) is 0 Å². The van der Waals surface area contributed by atoms with Gasteiger partial charge in [0, 0.05) is 46.6 Å². The van der Waals surface area contributed by atoms with Crippen LogP contribution in [-0.2, 0) is 12.0 Å². The van der Waals surface area contributed by atoms with Crippen LogP contribution >= 0.6 is 35.6 Å². The van der Waals surface area contributed by atoms with Crippen molar-refractivity contribution < 1.29 is 0 Å². The third kappa shape index (κ3) is 6.16. The molecule has 2 nitrogen and oxygen atoms in total. The Morgan fingerprint density at radius 1 is 0.975 bits per heavy atom. The first-order chi connectivity index (χ1) is 18.8. The second kappa shape index (κ2) is 13.2. The number of nitrogens with zero attached hydrogens (tertiary/aromatic N) is 2. The molecule has 0 saturated carbocycles. The Morgan fingerprint density at radius 2 is 1.73 bits per heavy atom. The van der Waals surface area contributed by atoms with Crippen LogP contribution < -0.4 is 4.90 Å². The average molecular weight is 667 g/mol. The normalized spacial score (nSPS) is 19.7. The van der Waals surface area contributed by atoms with Gasteiger partial charge < -0.3 is 9.47 Å². The van der Waals surface area contributed by atoms with Crippen LogP contribution in [0.25, 0.3) is 10.9 Å². The van der Waals surface area contributed by atoms with Crippen molar-refractivity contribution >= 4 is 52.2 Å². The predicted octanol–water partition coefficient (Wildman–Crippen LogP) is 10.8. The Bertz CT molecular complexity index is 1450. The van der Waals surface area contributed by atoms with Crippen molar-refractivity contribution in [2.24, 2.45) is 11.8 Å². The van der Waals surface area contributed by atoms with Crippen LogP contribution in [-0.4, -0.2) is 11.1 Å². The molecule has 0 bridgehead atoms. The highest BCUT2D eigenvalue weighted by molar-refractivity contribution is 14.0. The van der Waals surface area contributed by atoms with Gasteiger partial charge in [-0.05, 0) is 83.9 Å². The molecule has 2 aromatic carbocycles. The molecule has 1 aromatic heterocycles. The Balaban J connectivity index is 0.00000370. The van der Waals surface area contributed by atoms with Gasteiger partial charge in [-0.2, -0.15) is 0 Å². The van der Waals surface area contributed by atoms with E-state index in [9.17, 15) is 0 Å². The third-order valence-electron chi connectivity index (χ3n) is 8.63. The molecule has 1 atom stereocenters. The zero-order valence-electron chi connectivity index (χ0n) is 24.7. The van der Waals surface area contributed by atoms with Gasteiger partial charge in [0.25, 0.3) is 0 Å². The lowest BCUT2D eigenvalue weighted by Crippen LogP contribution is -2.26. The first-order valence-corrected chi connectivity index (χ1v) is 15.1. The summed E-state index contributed by atoms with van der Waals surface area (Å²) in [4.78, 5) is 2.51. The largest absolute Gasteiger partial charge is 0.347 e. The van der Waals surface area contributed by atoms with E-state index in [1.165, 1.54) is 39.0 Å². The summed E-state index contributed by atoms with van der Waals surface area (Å²) in [6.07, 6.45) is 15.9. The molecule has 0 fully saturated rings. The number of rotatable bonds is 8. The Kier molecular flexibility index (Phi) is 10.1. The van der Waals surface area contributed by atoms with Gasteiger partial charge in [0.2, 0.25) is 0 Å². The minimum Gasteiger partial charge on any atom is -0.347 e. The Hall–Kier alpha value is -2.24. The molecule has 3 aromatic rings. The van der Waals surface area contributed by atoms with E-state index >= 15 is 0 Å². The molecule has 4 heteroatoms. The van der Waals surface area contributed by atoms with E-state index in [2.05, 4.69) is 129 Å². The fraction of sp³-hybridized carbons (Fsp3) is 0.389. The zero-order chi connectivity index (χ0) is 27.6. The summed E-state index contributed by atoms with van der Waals surface area (Å²) in [5.41, 5.74) is 7.93. The lowest BCUT2D eigenvalue weighted by atomic mass is 9.83. The van der Waals surface area contributed by atoms with E-state index in [1.807, 2.05) is 0 Å². The molecule has 0 radical (unpaired) electrons. The minimum absolute atomic E-state index is 0. The van der Waals surface area contributed by atoms with Gasteiger partial charge in [-0.25, -0.2) is 0 Å². The minimum atomic E-state index is -0.0243. The summed E-state index contributed by atoms with van der Waals surface area (Å²) in [5.74, 6) is 0.982. The first-order valence-electron chi connectivity index (χ1n) is 14.7. The lowest BCUT2D eigenvalue weighted by molar-refractivity contribution is 0.411. The number of benzene rings is 2. The summed E-state index contributed by atoms with van der Waals surface area (Å²) in [5, 5.41) is 2.25. The van der Waals surface area contributed by atoms with Gasteiger partial charge >= 0.3 is 0 Å². The maximum Gasteiger partial charge on any atom is 0.0480 e. The first kappa shape index (κ1) is 30.7. The van der Waals surface area contributed by atoms with Gasteiger partial charge in [-0.15, -0.1) is 24.0 Å². The summed E-state index contributed by atoms with van der Waals surface area (Å²) >= 11 is 7.09. The van der Waals surface area contributed by atoms with Gasteiger partial charge in [0.1, 0.15) is 0 Å². The summed E-state index contributed by atoms with van der Waals surface area (Å²) in [6, 6.07) is 19.7. The molecule has 2 aliphatic rings. The molecule has 1 aliphatic carbocycles. The number of halogens is 2. The molecule has 0 spiro atoms. The fourth-order valence-electron chi connectivity index (χ4n) is 6.25. The van der Waals surface area contributed by atoms with Crippen LogP contribution in [0.5, 0.6) is 0 Å². The molecular formula is C36H44ClIN2. The quantitative estimate of drug-likeness (QED) is 0.217. The van der Waals surface area contributed by atoms with Crippen LogP contribution in [0.3, 0.4) is 0 Å². The van der Waals surface area contributed by atoms with Crippen molar-refractivity contribution in [1.82, 2.24) is 4.57 Å². The molecule has 40 heavy (non-hydrogen) atoms. The predicted molar refractivity (Wildman–Crippen MR) is 185 cm³/mol.